The molecule has 0 saturated heterocycles. The number of nitrogens with zero attached hydrogens (tertiary/aromatic N) is 2. The Morgan fingerprint density at radius 2 is 1.85 bits per heavy atom. The number of rotatable bonds is 0. The Labute approximate surface area is 122 Å². The van der Waals surface area contributed by atoms with Gasteiger partial charge in [-0.25, -0.2) is 9.97 Å². The van der Waals surface area contributed by atoms with Gasteiger partial charge in [0.25, 0.3) is 0 Å². The maximum absolute atomic E-state index is 4.52. The summed E-state index contributed by atoms with van der Waals surface area (Å²) in [5.74, 6) is 0. The van der Waals surface area contributed by atoms with Gasteiger partial charge in [0.15, 0.2) is 0 Å². The topological polar surface area (TPSA) is 25.8 Å². The van der Waals surface area contributed by atoms with Crippen molar-refractivity contribution >= 4 is 63.8 Å². The maximum atomic E-state index is 4.52. The molecule has 2 nitrogen and oxygen atoms in total. The van der Waals surface area contributed by atoms with Crippen molar-refractivity contribution in [1.82, 2.24) is 9.97 Å². The number of thiophene rings is 2. The average Bonchev–Trinajstić information content (AvgIpc) is 3.12. The highest BCUT2D eigenvalue weighted by molar-refractivity contribution is 7.31. The van der Waals surface area contributed by atoms with Gasteiger partial charge in [-0.1, -0.05) is 18.2 Å². The summed E-state index contributed by atoms with van der Waals surface area (Å²) < 4.78 is 4.03. The third kappa shape index (κ3) is 1.23. The van der Waals surface area contributed by atoms with Gasteiger partial charge in [0.05, 0.1) is 14.9 Å². The predicted molar refractivity (Wildman–Crippen MR) is 87.8 cm³/mol. The van der Waals surface area contributed by atoms with E-state index in [2.05, 4.69) is 45.7 Å². The summed E-state index contributed by atoms with van der Waals surface area (Å²) in [6.45, 7) is 0. The normalized spacial score (nSPS) is 12.0. The second-order valence-electron chi connectivity index (χ2n) is 4.75. The molecule has 0 aliphatic heterocycles. The molecule has 0 spiro atoms. The van der Waals surface area contributed by atoms with Crippen LogP contribution in [0.25, 0.3) is 41.2 Å². The summed E-state index contributed by atoms with van der Waals surface area (Å²) >= 11 is 3.66. The Kier molecular flexibility index (Phi) is 2.01. The molecule has 5 aromatic rings. The van der Waals surface area contributed by atoms with Gasteiger partial charge in [-0.05, 0) is 17.5 Å². The Hall–Kier alpha value is -2.04. The van der Waals surface area contributed by atoms with Gasteiger partial charge in [-0.2, -0.15) is 0 Å². The van der Waals surface area contributed by atoms with Crippen molar-refractivity contribution in [1.29, 1.82) is 0 Å². The van der Waals surface area contributed by atoms with Crippen LogP contribution in [0.1, 0.15) is 0 Å². The van der Waals surface area contributed by atoms with Gasteiger partial charge in [0.1, 0.15) is 6.33 Å². The smallest absolute Gasteiger partial charge is 0.116 e. The second-order valence-corrected chi connectivity index (χ2v) is 6.72. The van der Waals surface area contributed by atoms with Crippen molar-refractivity contribution < 1.29 is 0 Å². The minimum absolute atomic E-state index is 1.06. The fraction of sp³-hybridized carbons (Fsp3) is 0. The standard InChI is InChI=1S/C16H8N2S2/c1-2-4-12-9(3-1)13-11-7-17-8-18-14(11)10-5-6-19-15(10)16(13)20-12/h1-8H. The van der Waals surface area contributed by atoms with Crippen LogP contribution in [0.5, 0.6) is 0 Å². The molecule has 0 N–H and O–H groups in total. The van der Waals surface area contributed by atoms with Crippen LogP contribution in [-0.2, 0) is 0 Å². The Morgan fingerprint density at radius 3 is 2.85 bits per heavy atom. The minimum Gasteiger partial charge on any atom is -0.244 e. The van der Waals surface area contributed by atoms with E-state index >= 15 is 0 Å². The Bertz CT molecular complexity index is 1100. The summed E-state index contributed by atoms with van der Waals surface area (Å²) in [4.78, 5) is 8.76. The van der Waals surface area contributed by atoms with Crippen molar-refractivity contribution in [2.45, 2.75) is 0 Å². The summed E-state index contributed by atoms with van der Waals surface area (Å²) in [5.41, 5.74) is 1.06. The fourth-order valence-corrected chi connectivity index (χ4v) is 5.15. The van der Waals surface area contributed by atoms with E-state index in [-0.39, 0.29) is 0 Å². The highest BCUT2D eigenvalue weighted by Crippen LogP contribution is 2.44. The lowest BCUT2D eigenvalue weighted by Gasteiger charge is -2.01. The zero-order valence-electron chi connectivity index (χ0n) is 10.3. The molecular weight excluding hydrogens is 284 g/mol. The Morgan fingerprint density at radius 1 is 0.900 bits per heavy atom. The summed E-state index contributed by atoms with van der Waals surface area (Å²) in [7, 11) is 0. The van der Waals surface area contributed by atoms with E-state index in [4.69, 9.17) is 0 Å². The minimum atomic E-state index is 1.06. The van der Waals surface area contributed by atoms with Crippen LogP contribution in [0, 0.1) is 0 Å². The van der Waals surface area contributed by atoms with Crippen molar-refractivity contribution in [3.63, 3.8) is 0 Å². The first kappa shape index (κ1) is 10.7. The van der Waals surface area contributed by atoms with Crippen LogP contribution in [0.2, 0.25) is 0 Å². The fourth-order valence-electron chi connectivity index (χ4n) is 2.87. The largest absolute Gasteiger partial charge is 0.244 e. The number of hydrogen-bond donors (Lipinski definition) is 0. The van der Waals surface area contributed by atoms with Crippen molar-refractivity contribution in [2.75, 3.05) is 0 Å². The maximum Gasteiger partial charge on any atom is 0.116 e. The zero-order valence-corrected chi connectivity index (χ0v) is 12.0. The molecule has 2 aromatic carbocycles. The van der Waals surface area contributed by atoms with Gasteiger partial charge in [-0.15, -0.1) is 22.7 Å². The average molecular weight is 292 g/mol. The van der Waals surface area contributed by atoms with E-state index in [1.54, 1.807) is 17.7 Å². The number of benzene rings is 2. The number of hydrogen-bond acceptors (Lipinski definition) is 4. The van der Waals surface area contributed by atoms with Crippen molar-refractivity contribution in [2.24, 2.45) is 0 Å². The second kappa shape index (κ2) is 3.75. The van der Waals surface area contributed by atoms with E-state index in [1.165, 1.54) is 30.3 Å². The van der Waals surface area contributed by atoms with E-state index in [0.717, 1.165) is 10.9 Å². The van der Waals surface area contributed by atoms with Crippen molar-refractivity contribution in [3.8, 4) is 0 Å². The molecule has 20 heavy (non-hydrogen) atoms. The molecule has 0 atom stereocenters. The molecule has 5 rings (SSSR count). The molecule has 0 aliphatic carbocycles. The molecule has 0 radical (unpaired) electrons. The van der Waals surface area contributed by atoms with Gasteiger partial charge in [0.2, 0.25) is 0 Å². The molecule has 3 heterocycles. The van der Waals surface area contributed by atoms with E-state index in [1.807, 2.05) is 17.5 Å². The molecule has 0 aliphatic rings. The summed E-state index contributed by atoms with van der Waals surface area (Å²) in [5, 5.41) is 7.16. The lowest BCUT2D eigenvalue weighted by atomic mass is 10.1. The molecular formula is C16H8N2S2. The third-order valence-corrected chi connectivity index (χ3v) is 5.95. The first-order chi connectivity index (χ1) is 9.93. The van der Waals surface area contributed by atoms with Crippen LogP contribution in [-0.4, -0.2) is 9.97 Å². The van der Waals surface area contributed by atoms with Gasteiger partial charge < -0.3 is 0 Å². The van der Waals surface area contributed by atoms with E-state index < -0.39 is 0 Å². The monoisotopic (exact) mass is 292 g/mol. The third-order valence-electron chi connectivity index (χ3n) is 3.70. The zero-order chi connectivity index (χ0) is 13.1. The lowest BCUT2D eigenvalue weighted by Crippen LogP contribution is -1.82. The van der Waals surface area contributed by atoms with E-state index in [9.17, 15) is 0 Å². The van der Waals surface area contributed by atoms with Gasteiger partial charge >= 0.3 is 0 Å². The first-order valence-electron chi connectivity index (χ1n) is 6.33. The van der Waals surface area contributed by atoms with Crippen LogP contribution >= 0.6 is 22.7 Å². The molecule has 4 heteroatoms. The molecule has 0 amide bonds. The molecule has 0 bridgehead atoms. The number of aromatic nitrogens is 2. The van der Waals surface area contributed by atoms with E-state index in [0.29, 0.717) is 0 Å². The first-order valence-corrected chi connectivity index (χ1v) is 8.03. The molecule has 3 aromatic heterocycles. The quantitative estimate of drug-likeness (QED) is 0.391. The lowest BCUT2D eigenvalue weighted by molar-refractivity contribution is 1.23. The number of fused-ring (bicyclic) bond motifs is 8. The SMILES string of the molecule is c1ccc2c(c1)sc1c3sccc3c3ncncc3c21. The Balaban J connectivity index is 2.27. The van der Waals surface area contributed by atoms with Crippen molar-refractivity contribution in [3.05, 3.63) is 48.2 Å². The van der Waals surface area contributed by atoms with Gasteiger partial charge in [-0.3, -0.25) is 0 Å². The van der Waals surface area contributed by atoms with Crippen LogP contribution in [0.4, 0.5) is 0 Å². The molecule has 0 unspecified atom stereocenters. The van der Waals surface area contributed by atoms with Crippen LogP contribution in [0.15, 0.2) is 48.2 Å². The molecule has 0 fully saturated rings. The summed E-state index contributed by atoms with van der Waals surface area (Å²) in [6.07, 6.45) is 3.58. The van der Waals surface area contributed by atoms with Crippen LogP contribution in [0.3, 0.4) is 0 Å². The highest BCUT2D eigenvalue weighted by Gasteiger charge is 2.15. The molecule has 94 valence electrons. The highest BCUT2D eigenvalue weighted by atomic mass is 32.1. The molecule has 0 saturated carbocycles. The summed E-state index contributed by atoms with van der Waals surface area (Å²) in [6, 6.07) is 10.7. The van der Waals surface area contributed by atoms with Crippen LogP contribution < -0.4 is 0 Å². The predicted octanol–water partition coefficient (Wildman–Crippen LogP) is 5.21. The van der Waals surface area contributed by atoms with Gasteiger partial charge in [0, 0.05) is 32.4 Å².